The van der Waals surface area contributed by atoms with Crippen LogP contribution < -0.4 is 0 Å². The molecule has 0 radical (unpaired) electrons. The molecule has 0 saturated carbocycles. The minimum absolute atomic E-state index is 0.141. The van der Waals surface area contributed by atoms with Gasteiger partial charge in [0, 0.05) is 24.2 Å². The van der Waals surface area contributed by atoms with Gasteiger partial charge in [-0.2, -0.15) is 0 Å². The Balaban J connectivity index is 1.67. The van der Waals surface area contributed by atoms with Gasteiger partial charge in [-0.05, 0) is 45.1 Å². The van der Waals surface area contributed by atoms with E-state index < -0.39 is 5.60 Å². The summed E-state index contributed by atoms with van der Waals surface area (Å²) < 4.78 is 5.46. The van der Waals surface area contributed by atoms with Gasteiger partial charge in [-0.15, -0.1) is 0 Å². The normalized spacial score (nSPS) is 15.0. The lowest BCUT2D eigenvalue weighted by atomic mass is 9.84. The number of hydrogen-bond donors (Lipinski definition) is 0. The highest BCUT2D eigenvalue weighted by Crippen LogP contribution is 2.31. The number of hydrogen-bond acceptors (Lipinski definition) is 4. The molecule has 1 heterocycles. The molecule has 1 aliphatic rings. The van der Waals surface area contributed by atoms with Crippen LogP contribution in [-0.4, -0.2) is 41.3 Å². The molecule has 2 aromatic rings. The fourth-order valence-corrected chi connectivity index (χ4v) is 3.77. The van der Waals surface area contributed by atoms with Crippen LogP contribution in [0.1, 0.15) is 72.2 Å². The molecule has 1 amide bonds. The van der Waals surface area contributed by atoms with Crippen LogP contribution in [0.3, 0.4) is 0 Å². The van der Waals surface area contributed by atoms with Crippen molar-refractivity contribution in [2.45, 2.75) is 51.6 Å². The fraction of sp³-hybridized carbons (Fsp3) is 0.400. The lowest BCUT2D eigenvalue weighted by Gasteiger charge is -2.34. The molecule has 1 aliphatic heterocycles. The van der Waals surface area contributed by atoms with Gasteiger partial charge in [0.1, 0.15) is 5.60 Å². The lowest BCUT2D eigenvalue weighted by molar-refractivity contribution is 0.0204. The summed E-state index contributed by atoms with van der Waals surface area (Å²) in [6, 6.07) is 16.4. The number of ketones is 2. The van der Waals surface area contributed by atoms with Gasteiger partial charge in [0.05, 0.1) is 6.42 Å². The van der Waals surface area contributed by atoms with Crippen LogP contribution in [0.2, 0.25) is 0 Å². The molecule has 0 aromatic heterocycles. The summed E-state index contributed by atoms with van der Waals surface area (Å²) in [5.74, 6) is -0.153. The molecule has 1 fully saturated rings. The number of likely N-dealkylation sites (tertiary alicyclic amines) is 1. The van der Waals surface area contributed by atoms with E-state index in [-0.39, 0.29) is 30.0 Å². The Kier molecular flexibility index (Phi) is 6.70. The van der Waals surface area contributed by atoms with Crippen molar-refractivity contribution in [3.8, 4) is 0 Å². The topological polar surface area (TPSA) is 63.7 Å². The molecule has 0 spiro atoms. The largest absolute Gasteiger partial charge is 0.444 e. The number of rotatable bonds is 5. The van der Waals surface area contributed by atoms with Gasteiger partial charge in [-0.25, -0.2) is 4.79 Å². The maximum atomic E-state index is 12.9. The van der Waals surface area contributed by atoms with Crippen molar-refractivity contribution < 1.29 is 19.1 Å². The van der Waals surface area contributed by atoms with Crippen molar-refractivity contribution in [3.63, 3.8) is 0 Å². The van der Waals surface area contributed by atoms with E-state index in [2.05, 4.69) is 0 Å². The quantitative estimate of drug-likeness (QED) is 0.501. The first-order valence-corrected chi connectivity index (χ1v) is 10.4. The molecule has 158 valence electrons. The van der Waals surface area contributed by atoms with E-state index in [9.17, 15) is 14.4 Å². The van der Waals surface area contributed by atoms with Crippen LogP contribution in [0.5, 0.6) is 0 Å². The average Bonchev–Trinajstić information content (AvgIpc) is 2.73. The number of nitrogens with zero attached hydrogens (tertiary/aromatic N) is 1. The molecule has 5 heteroatoms. The van der Waals surface area contributed by atoms with E-state index >= 15 is 0 Å². The highest BCUT2D eigenvalue weighted by molar-refractivity contribution is 6.14. The van der Waals surface area contributed by atoms with Crippen LogP contribution in [-0.2, 0) is 4.74 Å². The van der Waals surface area contributed by atoms with Gasteiger partial charge >= 0.3 is 6.09 Å². The lowest BCUT2D eigenvalue weighted by Crippen LogP contribution is -2.41. The first-order chi connectivity index (χ1) is 14.2. The van der Waals surface area contributed by atoms with E-state index in [1.807, 2.05) is 45.0 Å². The monoisotopic (exact) mass is 407 g/mol. The maximum absolute atomic E-state index is 12.9. The van der Waals surface area contributed by atoms with Gasteiger partial charge in [0.15, 0.2) is 11.6 Å². The standard InChI is InChI=1S/C25H29NO4/c1-25(2,3)30-24(29)26-15-13-18(14-16-26)20-11-7-8-12-21(20)23(28)17-22(27)19-9-5-4-6-10-19/h4-12,18H,13-17H2,1-3H3. The summed E-state index contributed by atoms with van der Waals surface area (Å²) >= 11 is 0. The zero-order valence-electron chi connectivity index (χ0n) is 17.9. The van der Waals surface area contributed by atoms with Gasteiger partial charge in [0.25, 0.3) is 0 Å². The number of piperidine rings is 1. The van der Waals surface area contributed by atoms with Gasteiger partial charge < -0.3 is 9.64 Å². The number of amides is 1. The van der Waals surface area contributed by atoms with Crippen LogP contribution >= 0.6 is 0 Å². The number of carbonyl (C=O) groups excluding carboxylic acids is 3. The molecule has 2 aromatic carbocycles. The summed E-state index contributed by atoms with van der Waals surface area (Å²) in [6.45, 7) is 6.75. The third kappa shape index (κ3) is 5.56. The molecule has 0 aliphatic carbocycles. The predicted molar refractivity (Wildman–Crippen MR) is 116 cm³/mol. The summed E-state index contributed by atoms with van der Waals surface area (Å²) in [4.78, 5) is 39.4. The number of benzene rings is 2. The van der Waals surface area contributed by atoms with Crippen molar-refractivity contribution in [2.24, 2.45) is 0 Å². The van der Waals surface area contributed by atoms with Gasteiger partial charge in [-0.3, -0.25) is 9.59 Å². The first kappa shape index (κ1) is 21.8. The van der Waals surface area contributed by atoms with Crippen molar-refractivity contribution in [2.75, 3.05) is 13.1 Å². The zero-order chi connectivity index (χ0) is 21.7. The molecule has 30 heavy (non-hydrogen) atoms. The van der Waals surface area contributed by atoms with Gasteiger partial charge in [0.2, 0.25) is 0 Å². The predicted octanol–water partition coefficient (Wildman–Crippen LogP) is 5.26. The minimum atomic E-state index is -0.516. The van der Waals surface area contributed by atoms with E-state index in [4.69, 9.17) is 4.74 Å². The maximum Gasteiger partial charge on any atom is 0.410 e. The third-order valence-electron chi connectivity index (χ3n) is 5.26. The van der Waals surface area contributed by atoms with Crippen LogP contribution in [0, 0.1) is 0 Å². The minimum Gasteiger partial charge on any atom is -0.444 e. The molecule has 0 atom stereocenters. The van der Waals surface area contributed by atoms with Crippen molar-refractivity contribution >= 4 is 17.7 Å². The van der Waals surface area contributed by atoms with Gasteiger partial charge in [-0.1, -0.05) is 54.6 Å². The Morgan fingerprint density at radius 2 is 1.50 bits per heavy atom. The molecule has 5 nitrogen and oxygen atoms in total. The van der Waals surface area contributed by atoms with Crippen LogP contribution in [0.25, 0.3) is 0 Å². The Labute approximate surface area is 178 Å². The summed E-state index contributed by atoms with van der Waals surface area (Å²) in [6.07, 6.45) is 1.09. The molecule has 1 saturated heterocycles. The van der Waals surface area contributed by atoms with E-state index in [0.29, 0.717) is 24.2 Å². The fourth-order valence-electron chi connectivity index (χ4n) is 3.77. The SMILES string of the molecule is CC(C)(C)OC(=O)N1CCC(c2ccccc2C(=O)CC(=O)c2ccccc2)CC1. The van der Waals surface area contributed by atoms with Crippen LogP contribution in [0.4, 0.5) is 4.79 Å². The summed E-state index contributed by atoms with van der Waals surface area (Å²) in [5.41, 5.74) is 1.61. The smallest absolute Gasteiger partial charge is 0.410 e. The highest BCUT2D eigenvalue weighted by Gasteiger charge is 2.29. The molecule has 0 unspecified atom stereocenters. The highest BCUT2D eigenvalue weighted by atomic mass is 16.6. The zero-order valence-corrected chi connectivity index (χ0v) is 17.9. The Morgan fingerprint density at radius 3 is 2.13 bits per heavy atom. The second-order valence-corrected chi connectivity index (χ2v) is 8.72. The second-order valence-electron chi connectivity index (χ2n) is 8.72. The summed E-state index contributed by atoms with van der Waals surface area (Å²) in [7, 11) is 0. The molecular formula is C25H29NO4. The van der Waals surface area contributed by atoms with E-state index in [0.717, 1.165) is 18.4 Å². The van der Waals surface area contributed by atoms with Crippen molar-refractivity contribution in [1.82, 2.24) is 4.90 Å². The molecule has 0 bridgehead atoms. The molecule has 3 rings (SSSR count). The third-order valence-corrected chi connectivity index (χ3v) is 5.26. The first-order valence-electron chi connectivity index (χ1n) is 10.4. The number of Topliss-reactive ketones (excluding diaryl/α,β-unsaturated/α-hetero) is 2. The Hall–Kier alpha value is -2.95. The second kappa shape index (κ2) is 9.24. The number of ether oxygens (including phenoxy) is 1. The average molecular weight is 408 g/mol. The molecule has 0 N–H and O–H groups in total. The van der Waals surface area contributed by atoms with Crippen molar-refractivity contribution in [3.05, 3.63) is 71.3 Å². The van der Waals surface area contributed by atoms with Crippen LogP contribution in [0.15, 0.2) is 54.6 Å². The Morgan fingerprint density at radius 1 is 0.900 bits per heavy atom. The van der Waals surface area contributed by atoms with E-state index in [1.54, 1.807) is 35.2 Å². The van der Waals surface area contributed by atoms with E-state index in [1.165, 1.54) is 0 Å². The number of carbonyl (C=O) groups is 3. The Bertz CT molecular complexity index is 906. The summed E-state index contributed by atoms with van der Waals surface area (Å²) in [5, 5.41) is 0. The van der Waals surface area contributed by atoms with Crippen molar-refractivity contribution in [1.29, 1.82) is 0 Å². The molecular weight excluding hydrogens is 378 g/mol.